The van der Waals surface area contributed by atoms with E-state index in [2.05, 4.69) is 21.2 Å². The van der Waals surface area contributed by atoms with E-state index in [1.165, 1.54) is 18.2 Å². The molecule has 0 aliphatic rings. The van der Waals surface area contributed by atoms with Crippen molar-refractivity contribution in [3.05, 3.63) is 68.7 Å². The average molecular weight is 361 g/mol. The quantitative estimate of drug-likeness (QED) is 0.819. The van der Waals surface area contributed by atoms with Gasteiger partial charge in [-0.1, -0.05) is 27.5 Å². The molecule has 1 atom stereocenters. The van der Waals surface area contributed by atoms with Crippen molar-refractivity contribution in [2.75, 3.05) is 7.05 Å². The molecule has 5 heteroatoms. The van der Waals surface area contributed by atoms with Crippen LogP contribution in [0.3, 0.4) is 0 Å². The van der Waals surface area contributed by atoms with Crippen LogP contribution in [0.5, 0.6) is 0 Å². The van der Waals surface area contributed by atoms with E-state index in [-0.39, 0.29) is 17.7 Å². The summed E-state index contributed by atoms with van der Waals surface area (Å²) in [4.78, 5) is 0. The highest BCUT2D eigenvalue weighted by atomic mass is 79.9. The van der Waals surface area contributed by atoms with Crippen molar-refractivity contribution in [1.29, 1.82) is 0 Å². The van der Waals surface area contributed by atoms with Crippen LogP contribution in [0, 0.1) is 11.6 Å². The highest BCUT2D eigenvalue weighted by Crippen LogP contribution is 2.26. The molecular formula is C15H13BrClF2N. The summed E-state index contributed by atoms with van der Waals surface area (Å²) in [5, 5.41) is 3.46. The maximum Gasteiger partial charge on any atom is 0.128 e. The van der Waals surface area contributed by atoms with E-state index in [1.54, 1.807) is 25.2 Å². The zero-order valence-electron chi connectivity index (χ0n) is 10.8. The summed E-state index contributed by atoms with van der Waals surface area (Å²) < 4.78 is 28.5. The van der Waals surface area contributed by atoms with Crippen LogP contribution in [0.15, 0.2) is 40.9 Å². The van der Waals surface area contributed by atoms with Gasteiger partial charge < -0.3 is 5.32 Å². The van der Waals surface area contributed by atoms with Gasteiger partial charge in [-0.05, 0) is 55.4 Å². The smallest absolute Gasteiger partial charge is 0.128 e. The zero-order chi connectivity index (χ0) is 14.7. The first-order chi connectivity index (χ1) is 9.51. The number of halogens is 4. The third-order valence-corrected chi connectivity index (χ3v) is 3.84. The number of benzene rings is 2. The van der Waals surface area contributed by atoms with Crippen molar-refractivity contribution in [1.82, 2.24) is 5.32 Å². The van der Waals surface area contributed by atoms with Crippen LogP contribution in [0.25, 0.3) is 0 Å². The van der Waals surface area contributed by atoms with Gasteiger partial charge in [0.25, 0.3) is 0 Å². The summed E-state index contributed by atoms with van der Waals surface area (Å²) in [6.45, 7) is 0. The van der Waals surface area contributed by atoms with E-state index in [0.29, 0.717) is 22.6 Å². The van der Waals surface area contributed by atoms with Crippen LogP contribution in [0.1, 0.15) is 17.2 Å². The molecule has 0 fully saturated rings. The zero-order valence-corrected chi connectivity index (χ0v) is 13.1. The molecule has 0 radical (unpaired) electrons. The van der Waals surface area contributed by atoms with Crippen molar-refractivity contribution < 1.29 is 8.78 Å². The molecule has 0 saturated heterocycles. The van der Waals surface area contributed by atoms with E-state index in [0.717, 1.165) is 4.47 Å². The number of nitrogens with one attached hydrogen (secondary N) is 1. The van der Waals surface area contributed by atoms with Gasteiger partial charge in [0.2, 0.25) is 0 Å². The van der Waals surface area contributed by atoms with Gasteiger partial charge in [-0.2, -0.15) is 0 Å². The fourth-order valence-electron chi connectivity index (χ4n) is 2.07. The molecule has 0 aliphatic heterocycles. The highest BCUT2D eigenvalue weighted by Gasteiger charge is 2.17. The van der Waals surface area contributed by atoms with Crippen LogP contribution in [0.2, 0.25) is 5.02 Å². The predicted octanol–water partition coefficient (Wildman–Crippen LogP) is 4.88. The molecule has 1 nitrogen and oxygen atoms in total. The molecule has 106 valence electrons. The average Bonchev–Trinajstić information content (AvgIpc) is 2.42. The Bertz CT molecular complexity index is 619. The Labute approximate surface area is 130 Å². The van der Waals surface area contributed by atoms with Gasteiger partial charge in [0, 0.05) is 21.1 Å². The molecular weight excluding hydrogens is 348 g/mol. The maximum absolute atomic E-state index is 13.9. The second kappa shape index (κ2) is 6.66. The van der Waals surface area contributed by atoms with Crippen molar-refractivity contribution >= 4 is 27.5 Å². The van der Waals surface area contributed by atoms with Crippen molar-refractivity contribution in [3.63, 3.8) is 0 Å². The van der Waals surface area contributed by atoms with Gasteiger partial charge in [0.15, 0.2) is 0 Å². The molecule has 1 N–H and O–H groups in total. The second-order valence-corrected chi connectivity index (χ2v) is 5.80. The van der Waals surface area contributed by atoms with Gasteiger partial charge in [0.1, 0.15) is 11.6 Å². The molecule has 2 rings (SSSR count). The summed E-state index contributed by atoms with van der Waals surface area (Å²) in [6.07, 6.45) is 0.332. The molecule has 0 aromatic heterocycles. The van der Waals surface area contributed by atoms with Gasteiger partial charge in [0.05, 0.1) is 0 Å². The lowest BCUT2D eigenvalue weighted by atomic mass is 9.98. The lowest BCUT2D eigenvalue weighted by molar-refractivity contribution is 0.519. The lowest BCUT2D eigenvalue weighted by Crippen LogP contribution is -2.20. The first-order valence-corrected chi connectivity index (χ1v) is 7.24. The van der Waals surface area contributed by atoms with E-state index in [9.17, 15) is 8.78 Å². The van der Waals surface area contributed by atoms with Gasteiger partial charge in [-0.3, -0.25) is 0 Å². The molecule has 0 aliphatic carbocycles. The Hall–Kier alpha value is -0.970. The summed E-state index contributed by atoms with van der Waals surface area (Å²) in [5.74, 6) is -0.667. The van der Waals surface area contributed by atoms with Gasteiger partial charge in [-0.25, -0.2) is 8.78 Å². The number of likely N-dealkylation sites (N-methyl/N-ethyl adjacent to an activating group) is 1. The molecule has 0 bridgehead atoms. The normalized spacial score (nSPS) is 12.4. The van der Waals surface area contributed by atoms with Crippen LogP contribution < -0.4 is 5.32 Å². The minimum atomic E-state index is -0.357. The van der Waals surface area contributed by atoms with E-state index in [1.807, 2.05) is 0 Å². The van der Waals surface area contributed by atoms with Crippen LogP contribution in [-0.4, -0.2) is 7.05 Å². The fraction of sp³-hybridized carbons (Fsp3) is 0.200. The topological polar surface area (TPSA) is 12.0 Å². The predicted molar refractivity (Wildman–Crippen MR) is 81.0 cm³/mol. The number of rotatable bonds is 4. The minimum Gasteiger partial charge on any atom is -0.313 e. The van der Waals surface area contributed by atoms with Crippen molar-refractivity contribution in [2.45, 2.75) is 12.5 Å². The Morgan fingerprint density at radius 1 is 1.15 bits per heavy atom. The van der Waals surface area contributed by atoms with E-state index >= 15 is 0 Å². The molecule has 2 aromatic rings. The van der Waals surface area contributed by atoms with Crippen molar-refractivity contribution in [3.8, 4) is 0 Å². The first-order valence-electron chi connectivity index (χ1n) is 6.07. The number of hydrogen-bond donors (Lipinski definition) is 1. The minimum absolute atomic E-state index is 0.309. The Morgan fingerprint density at radius 3 is 2.55 bits per heavy atom. The van der Waals surface area contributed by atoms with Crippen LogP contribution in [-0.2, 0) is 6.42 Å². The summed E-state index contributed by atoms with van der Waals surface area (Å²) in [7, 11) is 1.71. The molecule has 0 heterocycles. The molecule has 2 aromatic carbocycles. The van der Waals surface area contributed by atoms with E-state index < -0.39 is 0 Å². The molecule has 0 spiro atoms. The summed E-state index contributed by atoms with van der Waals surface area (Å²) in [5.41, 5.74) is 0.942. The molecule has 0 saturated carbocycles. The lowest BCUT2D eigenvalue weighted by Gasteiger charge is -2.18. The fourth-order valence-corrected chi connectivity index (χ4v) is 2.66. The first kappa shape index (κ1) is 15.4. The standard InChI is InChI=1S/C15H13BrClF2N/c1-20-15(12-8-11(17)3-5-14(12)19)7-9-6-10(16)2-4-13(9)18/h2-6,8,15,20H,7H2,1H3. The summed E-state index contributed by atoms with van der Waals surface area (Å²) >= 11 is 9.21. The second-order valence-electron chi connectivity index (χ2n) is 4.45. The largest absolute Gasteiger partial charge is 0.313 e. The van der Waals surface area contributed by atoms with Crippen molar-refractivity contribution in [2.24, 2.45) is 0 Å². The monoisotopic (exact) mass is 359 g/mol. The van der Waals surface area contributed by atoms with Gasteiger partial charge in [-0.15, -0.1) is 0 Å². The Kier molecular flexibility index (Phi) is 5.13. The van der Waals surface area contributed by atoms with Gasteiger partial charge >= 0.3 is 0 Å². The Balaban J connectivity index is 2.33. The van der Waals surface area contributed by atoms with Crippen LogP contribution in [0.4, 0.5) is 8.78 Å². The SMILES string of the molecule is CNC(Cc1cc(Br)ccc1F)c1cc(Cl)ccc1F. The molecule has 0 amide bonds. The number of hydrogen-bond acceptors (Lipinski definition) is 1. The van der Waals surface area contributed by atoms with Crippen LogP contribution >= 0.6 is 27.5 Å². The third-order valence-electron chi connectivity index (χ3n) is 3.11. The highest BCUT2D eigenvalue weighted by molar-refractivity contribution is 9.10. The summed E-state index contributed by atoms with van der Waals surface area (Å²) in [6, 6.07) is 8.74. The van der Waals surface area contributed by atoms with E-state index in [4.69, 9.17) is 11.6 Å². The molecule has 20 heavy (non-hydrogen) atoms. The maximum atomic E-state index is 13.9. The molecule has 1 unspecified atom stereocenters. The third kappa shape index (κ3) is 3.57. The Morgan fingerprint density at radius 2 is 1.85 bits per heavy atom.